The molecule has 1 atom stereocenters. The zero-order valence-corrected chi connectivity index (χ0v) is 12.3. The molecule has 106 valence electrons. The van der Waals surface area contributed by atoms with Crippen LogP contribution in [0.1, 0.15) is 37.0 Å². The maximum Gasteiger partial charge on any atom is 0.321 e. The van der Waals surface area contributed by atoms with Crippen molar-refractivity contribution in [1.82, 2.24) is 20.5 Å². The Balaban J connectivity index is 1.88. The van der Waals surface area contributed by atoms with Crippen LogP contribution in [0.4, 0.5) is 9.93 Å². The second-order valence-electron chi connectivity index (χ2n) is 4.33. The molecule has 20 heavy (non-hydrogen) atoms. The fourth-order valence-electron chi connectivity index (χ4n) is 1.65. The smallest absolute Gasteiger partial charge is 0.321 e. The van der Waals surface area contributed by atoms with E-state index in [0.29, 0.717) is 5.13 Å². The third-order valence-electron chi connectivity index (χ3n) is 2.63. The Bertz CT molecular complexity index is 557. The topological polar surface area (TPSA) is 79.8 Å². The first-order valence-electron chi connectivity index (χ1n) is 6.50. The SMILES string of the molecule is CCCc1nnc(NC(=O)N[C@H](C)c2ccccn2)s1. The Hall–Kier alpha value is -2.02. The molecule has 2 N–H and O–H groups in total. The minimum absolute atomic E-state index is 0.167. The van der Waals surface area contributed by atoms with Crippen LogP contribution >= 0.6 is 11.3 Å². The third kappa shape index (κ3) is 3.99. The van der Waals surface area contributed by atoms with Crippen LogP contribution in [0.15, 0.2) is 24.4 Å². The largest absolute Gasteiger partial charge is 0.330 e. The lowest BCUT2D eigenvalue weighted by Crippen LogP contribution is -2.31. The summed E-state index contributed by atoms with van der Waals surface area (Å²) in [6.45, 7) is 3.96. The Morgan fingerprint density at radius 1 is 1.40 bits per heavy atom. The van der Waals surface area contributed by atoms with Gasteiger partial charge in [0.25, 0.3) is 0 Å². The lowest BCUT2D eigenvalue weighted by atomic mass is 10.2. The van der Waals surface area contributed by atoms with Gasteiger partial charge < -0.3 is 5.32 Å². The van der Waals surface area contributed by atoms with E-state index in [1.54, 1.807) is 6.20 Å². The van der Waals surface area contributed by atoms with E-state index in [-0.39, 0.29) is 12.1 Å². The van der Waals surface area contributed by atoms with E-state index in [1.165, 1.54) is 11.3 Å². The average molecular weight is 291 g/mol. The first-order valence-corrected chi connectivity index (χ1v) is 7.31. The van der Waals surface area contributed by atoms with Gasteiger partial charge in [0, 0.05) is 12.6 Å². The number of nitrogens with one attached hydrogen (secondary N) is 2. The highest BCUT2D eigenvalue weighted by molar-refractivity contribution is 7.15. The van der Waals surface area contributed by atoms with E-state index in [1.807, 2.05) is 25.1 Å². The van der Waals surface area contributed by atoms with Crippen LogP contribution in [0.25, 0.3) is 0 Å². The van der Waals surface area contributed by atoms with Crippen LogP contribution in [0.2, 0.25) is 0 Å². The van der Waals surface area contributed by atoms with E-state index < -0.39 is 0 Å². The number of carbonyl (C=O) groups is 1. The number of aryl methyl sites for hydroxylation is 1. The number of anilines is 1. The number of urea groups is 1. The molecular formula is C13H17N5OS. The Morgan fingerprint density at radius 3 is 2.95 bits per heavy atom. The van der Waals surface area contributed by atoms with E-state index in [2.05, 4.69) is 32.7 Å². The van der Waals surface area contributed by atoms with Gasteiger partial charge in [0.1, 0.15) is 5.01 Å². The molecule has 2 heterocycles. The van der Waals surface area contributed by atoms with Crippen LogP contribution in [-0.4, -0.2) is 21.2 Å². The summed E-state index contributed by atoms with van der Waals surface area (Å²) in [7, 11) is 0. The highest BCUT2D eigenvalue weighted by atomic mass is 32.1. The van der Waals surface area contributed by atoms with Crippen molar-refractivity contribution in [3.05, 3.63) is 35.1 Å². The van der Waals surface area contributed by atoms with Crippen molar-refractivity contribution < 1.29 is 4.79 Å². The quantitative estimate of drug-likeness (QED) is 0.887. The Labute approximate surface area is 121 Å². The molecule has 0 fully saturated rings. The van der Waals surface area contributed by atoms with Gasteiger partial charge in [-0.1, -0.05) is 24.3 Å². The zero-order chi connectivity index (χ0) is 14.4. The zero-order valence-electron chi connectivity index (χ0n) is 11.5. The Morgan fingerprint density at radius 2 is 2.25 bits per heavy atom. The van der Waals surface area contributed by atoms with E-state index in [4.69, 9.17) is 0 Å². The second kappa shape index (κ2) is 6.95. The molecule has 0 saturated heterocycles. The molecule has 0 unspecified atom stereocenters. The summed E-state index contributed by atoms with van der Waals surface area (Å²) < 4.78 is 0. The molecule has 0 bridgehead atoms. The van der Waals surface area contributed by atoms with Crippen LogP contribution in [0.3, 0.4) is 0 Å². The molecule has 0 saturated carbocycles. The number of amides is 2. The standard InChI is InChI=1S/C13H17N5OS/c1-3-6-11-17-18-13(20-11)16-12(19)15-9(2)10-7-4-5-8-14-10/h4-5,7-9H,3,6H2,1-2H3,(H2,15,16,18,19)/t9-/m1/s1. The fraction of sp³-hybridized carbons (Fsp3) is 0.385. The number of hydrogen-bond donors (Lipinski definition) is 2. The van der Waals surface area contributed by atoms with Crippen LogP contribution < -0.4 is 10.6 Å². The maximum absolute atomic E-state index is 11.9. The molecule has 0 aromatic carbocycles. The monoisotopic (exact) mass is 291 g/mol. The van der Waals surface area contributed by atoms with Crippen molar-refractivity contribution in [2.24, 2.45) is 0 Å². The van der Waals surface area contributed by atoms with Crippen LogP contribution in [-0.2, 0) is 6.42 Å². The number of hydrogen-bond acceptors (Lipinski definition) is 5. The Kier molecular flexibility index (Phi) is 5.00. The van der Waals surface area contributed by atoms with Crippen molar-refractivity contribution >= 4 is 22.5 Å². The fourth-order valence-corrected chi connectivity index (χ4v) is 2.49. The summed E-state index contributed by atoms with van der Waals surface area (Å²) >= 11 is 1.40. The number of nitrogens with zero attached hydrogens (tertiary/aromatic N) is 3. The second-order valence-corrected chi connectivity index (χ2v) is 5.39. The highest BCUT2D eigenvalue weighted by Crippen LogP contribution is 2.16. The highest BCUT2D eigenvalue weighted by Gasteiger charge is 2.12. The molecule has 7 heteroatoms. The summed E-state index contributed by atoms with van der Waals surface area (Å²) in [6, 6.07) is 5.13. The molecule has 0 aliphatic heterocycles. The predicted molar refractivity (Wildman–Crippen MR) is 78.7 cm³/mol. The van der Waals surface area contributed by atoms with Gasteiger partial charge in [-0.2, -0.15) is 0 Å². The minimum Gasteiger partial charge on any atom is -0.330 e. The van der Waals surface area contributed by atoms with Crippen molar-refractivity contribution in [3.63, 3.8) is 0 Å². The molecule has 6 nitrogen and oxygen atoms in total. The molecular weight excluding hydrogens is 274 g/mol. The lowest BCUT2D eigenvalue weighted by Gasteiger charge is -2.12. The number of carbonyl (C=O) groups excluding carboxylic acids is 1. The predicted octanol–water partition coefficient (Wildman–Crippen LogP) is 2.77. The average Bonchev–Trinajstić information content (AvgIpc) is 2.87. The van der Waals surface area contributed by atoms with Gasteiger partial charge in [0.15, 0.2) is 0 Å². The van der Waals surface area contributed by atoms with Crippen LogP contribution in [0.5, 0.6) is 0 Å². The maximum atomic E-state index is 11.9. The van der Waals surface area contributed by atoms with E-state index >= 15 is 0 Å². The van der Waals surface area contributed by atoms with E-state index in [9.17, 15) is 4.79 Å². The number of pyridine rings is 1. The first kappa shape index (κ1) is 14.4. The van der Waals surface area contributed by atoms with E-state index in [0.717, 1.165) is 23.5 Å². The van der Waals surface area contributed by atoms with Gasteiger partial charge in [-0.3, -0.25) is 10.3 Å². The van der Waals surface area contributed by atoms with Gasteiger partial charge >= 0.3 is 6.03 Å². The molecule has 2 aromatic heterocycles. The lowest BCUT2D eigenvalue weighted by molar-refractivity contribution is 0.249. The van der Waals surface area contributed by atoms with Gasteiger partial charge in [-0.15, -0.1) is 10.2 Å². The van der Waals surface area contributed by atoms with Gasteiger partial charge in [-0.05, 0) is 25.5 Å². The third-order valence-corrected chi connectivity index (χ3v) is 3.53. The summed E-state index contributed by atoms with van der Waals surface area (Å²) in [4.78, 5) is 16.1. The molecule has 2 aromatic rings. The van der Waals surface area contributed by atoms with Crippen molar-refractivity contribution in [3.8, 4) is 0 Å². The summed E-state index contributed by atoms with van der Waals surface area (Å²) in [5, 5.41) is 14.9. The molecule has 0 aliphatic rings. The molecule has 2 rings (SSSR count). The summed E-state index contributed by atoms with van der Waals surface area (Å²) in [5.74, 6) is 0. The van der Waals surface area contributed by atoms with Crippen molar-refractivity contribution in [1.29, 1.82) is 0 Å². The first-order chi connectivity index (χ1) is 9.69. The molecule has 0 aliphatic carbocycles. The summed E-state index contributed by atoms with van der Waals surface area (Å²) in [5.41, 5.74) is 0.812. The van der Waals surface area contributed by atoms with Crippen molar-refractivity contribution in [2.45, 2.75) is 32.7 Å². The molecule has 0 radical (unpaired) electrons. The van der Waals surface area contributed by atoms with Gasteiger partial charge in [-0.25, -0.2) is 4.79 Å². The normalized spacial score (nSPS) is 11.9. The number of rotatable bonds is 5. The number of aromatic nitrogens is 3. The van der Waals surface area contributed by atoms with Crippen LogP contribution in [0, 0.1) is 0 Å². The van der Waals surface area contributed by atoms with Gasteiger partial charge in [0.2, 0.25) is 5.13 Å². The molecule has 0 spiro atoms. The van der Waals surface area contributed by atoms with Gasteiger partial charge in [0.05, 0.1) is 11.7 Å². The van der Waals surface area contributed by atoms with Crippen molar-refractivity contribution in [2.75, 3.05) is 5.32 Å². The molecule has 2 amide bonds. The minimum atomic E-state index is -0.303. The summed E-state index contributed by atoms with van der Waals surface area (Å²) in [6.07, 6.45) is 3.59.